The number of ketones is 1. The lowest BCUT2D eigenvalue weighted by atomic mass is 10.1. The topological polar surface area (TPSA) is 95.7 Å². The number of Topliss-reactive ketones (excluding diaryl/α,β-unsaturated/α-hetero) is 1. The minimum atomic E-state index is -4.28. The second-order valence-corrected chi connectivity index (χ2v) is 7.30. The summed E-state index contributed by atoms with van der Waals surface area (Å²) in [6.45, 7) is 0. The molecule has 1 aliphatic rings. The van der Waals surface area contributed by atoms with Gasteiger partial charge in [-0.05, 0) is 11.6 Å². The first-order valence-corrected chi connectivity index (χ1v) is 9.24. The Kier molecular flexibility index (Phi) is 4.52. The average Bonchev–Trinajstić information content (AvgIpc) is 2.81. The van der Waals surface area contributed by atoms with E-state index in [0.29, 0.717) is 5.56 Å². The Morgan fingerprint density at radius 1 is 1.23 bits per heavy atom. The van der Waals surface area contributed by atoms with Crippen molar-refractivity contribution in [2.24, 2.45) is 5.73 Å². The molecule has 0 bridgehead atoms. The molecule has 3 rings (SSSR count). The highest BCUT2D eigenvalue weighted by molar-refractivity contribution is 7.86. The first kappa shape index (κ1) is 16.9. The van der Waals surface area contributed by atoms with Gasteiger partial charge in [-0.2, -0.15) is 8.42 Å². The number of halogens is 2. The fourth-order valence-electron chi connectivity index (χ4n) is 2.29. The molecule has 0 fully saturated rings. The van der Waals surface area contributed by atoms with Gasteiger partial charge in [0.05, 0.1) is 6.39 Å². The minimum Gasteiger partial charge on any atom is -0.460 e. The first-order valence-electron chi connectivity index (χ1n) is 7.78. The molecule has 1 heterocycles. The highest BCUT2D eigenvalue weighted by Gasteiger charge is 2.41. The molecule has 9 heteroatoms. The van der Waals surface area contributed by atoms with E-state index in [1.807, 2.05) is 0 Å². The molecular weight excluding hydrogens is 385 g/mol. The van der Waals surface area contributed by atoms with E-state index in [2.05, 4.69) is 0 Å². The molecule has 26 heavy (non-hydrogen) atoms. The maximum absolute atomic E-state index is 14.2. The van der Waals surface area contributed by atoms with Crippen molar-refractivity contribution in [3.8, 4) is 0 Å². The second-order valence-electron chi connectivity index (χ2n) is 5.33. The van der Waals surface area contributed by atoms with E-state index in [0.717, 1.165) is 6.07 Å². The highest BCUT2D eigenvalue weighted by Crippen LogP contribution is 2.35. The summed E-state index contributed by atoms with van der Waals surface area (Å²) < 4.78 is 56.7. The third kappa shape index (κ3) is 3.66. The zero-order valence-electron chi connectivity index (χ0n) is 14.1. The van der Waals surface area contributed by atoms with Gasteiger partial charge in [-0.3, -0.25) is 4.79 Å². The SMILES string of the molecule is [2H]C1(c2cccc(Cl)c2F)OC(N)=C(OS(=O)(=O)Cc2ccccc2)C1=O. The van der Waals surface area contributed by atoms with Gasteiger partial charge in [-0.15, -0.1) is 0 Å². The number of carbonyl (C=O) groups is 1. The van der Waals surface area contributed by atoms with E-state index in [-0.39, 0.29) is 5.02 Å². The lowest BCUT2D eigenvalue weighted by molar-refractivity contribution is -0.123. The van der Waals surface area contributed by atoms with Crippen LogP contribution in [-0.4, -0.2) is 14.2 Å². The van der Waals surface area contributed by atoms with Crippen molar-refractivity contribution in [2.75, 3.05) is 0 Å². The molecule has 0 amide bonds. The number of nitrogens with two attached hydrogens (primary N) is 1. The Balaban J connectivity index is 1.88. The molecule has 0 radical (unpaired) electrons. The number of carbonyl (C=O) groups excluding carboxylic acids is 1. The van der Waals surface area contributed by atoms with Crippen LogP contribution in [0.5, 0.6) is 0 Å². The van der Waals surface area contributed by atoms with Gasteiger partial charge in [-0.25, -0.2) is 4.39 Å². The largest absolute Gasteiger partial charge is 0.460 e. The molecular formula is C17H13ClFNO5S. The molecule has 0 aliphatic carbocycles. The normalized spacial score (nSPS) is 20.7. The standard InChI is InChI=1S/C17H13ClFNO5S/c18-12-8-4-7-11(13(12)19)15-14(21)16(17(20)24-15)25-26(22,23)9-10-5-2-1-3-6-10/h1-8,15H,9,20H2/i15D. The minimum absolute atomic E-state index is 0.333. The predicted molar refractivity (Wildman–Crippen MR) is 91.6 cm³/mol. The van der Waals surface area contributed by atoms with Crippen molar-refractivity contribution in [3.05, 3.63) is 82.1 Å². The van der Waals surface area contributed by atoms with Gasteiger partial charge in [0.15, 0.2) is 6.08 Å². The number of hydrogen-bond donors (Lipinski definition) is 1. The number of rotatable bonds is 5. The van der Waals surface area contributed by atoms with Crippen LogP contribution in [0.2, 0.25) is 5.02 Å². The Labute approximate surface area is 155 Å². The summed E-state index contributed by atoms with van der Waals surface area (Å²) in [4.78, 5) is 12.6. The van der Waals surface area contributed by atoms with E-state index in [4.69, 9.17) is 27.6 Å². The molecule has 0 saturated carbocycles. The van der Waals surface area contributed by atoms with Gasteiger partial charge in [0, 0.05) is 5.56 Å². The van der Waals surface area contributed by atoms with E-state index in [1.54, 1.807) is 30.3 Å². The fourth-order valence-corrected chi connectivity index (χ4v) is 3.53. The van der Waals surface area contributed by atoms with Crippen LogP contribution >= 0.6 is 11.6 Å². The lowest BCUT2D eigenvalue weighted by Gasteiger charge is -2.11. The van der Waals surface area contributed by atoms with Gasteiger partial charge < -0.3 is 14.7 Å². The Bertz CT molecular complexity index is 1040. The highest BCUT2D eigenvalue weighted by atomic mass is 35.5. The van der Waals surface area contributed by atoms with Gasteiger partial charge >= 0.3 is 10.1 Å². The number of benzene rings is 2. The van der Waals surface area contributed by atoms with Crippen LogP contribution in [0.1, 0.15) is 18.6 Å². The molecule has 2 N–H and O–H groups in total. The van der Waals surface area contributed by atoms with Crippen LogP contribution in [-0.2, 0) is 29.6 Å². The van der Waals surface area contributed by atoms with E-state index < -0.39 is 50.8 Å². The van der Waals surface area contributed by atoms with Crippen LogP contribution in [0.4, 0.5) is 4.39 Å². The molecule has 6 nitrogen and oxygen atoms in total. The van der Waals surface area contributed by atoms with Crippen LogP contribution in [0.25, 0.3) is 0 Å². The summed E-state index contributed by atoms with van der Waals surface area (Å²) in [5, 5.41) is -0.333. The molecule has 136 valence electrons. The summed E-state index contributed by atoms with van der Waals surface area (Å²) >= 11 is 5.67. The summed E-state index contributed by atoms with van der Waals surface area (Å²) in [5.74, 6) is -4.44. The third-order valence-corrected chi connectivity index (χ3v) is 4.84. The molecule has 1 unspecified atom stereocenters. The van der Waals surface area contributed by atoms with Crippen molar-refractivity contribution in [3.63, 3.8) is 0 Å². The number of hydrogen-bond acceptors (Lipinski definition) is 6. The fraction of sp³-hybridized carbons (Fsp3) is 0.118. The van der Waals surface area contributed by atoms with Gasteiger partial charge in [0.2, 0.25) is 17.4 Å². The maximum Gasteiger partial charge on any atom is 0.313 e. The van der Waals surface area contributed by atoms with Crippen LogP contribution in [0.3, 0.4) is 0 Å². The molecule has 0 aromatic heterocycles. The van der Waals surface area contributed by atoms with Crippen molar-refractivity contribution < 1.29 is 27.9 Å². The van der Waals surface area contributed by atoms with Crippen LogP contribution < -0.4 is 5.73 Å². The smallest absolute Gasteiger partial charge is 0.313 e. The van der Waals surface area contributed by atoms with Crippen molar-refractivity contribution in [1.82, 2.24) is 0 Å². The Morgan fingerprint density at radius 3 is 2.62 bits per heavy atom. The van der Waals surface area contributed by atoms with Crippen molar-refractivity contribution >= 4 is 27.5 Å². The lowest BCUT2D eigenvalue weighted by Crippen LogP contribution is -2.17. The Morgan fingerprint density at radius 2 is 1.92 bits per heavy atom. The summed E-state index contributed by atoms with van der Waals surface area (Å²) in [5.41, 5.74) is 5.45. The maximum atomic E-state index is 14.2. The number of ether oxygens (including phenoxy) is 1. The average molecular weight is 399 g/mol. The van der Waals surface area contributed by atoms with Gasteiger partial charge in [0.1, 0.15) is 11.6 Å². The van der Waals surface area contributed by atoms with Crippen LogP contribution in [0.15, 0.2) is 60.2 Å². The van der Waals surface area contributed by atoms with Crippen LogP contribution in [0, 0.1) is 5.82 Å². The van der Waals surface area contributed by atoms with E-state index >= 15 is 0 Å². The van der Waals surface area contributed by atoms with Gasteiger partial charge in [0.25, 0.3) is 0 Å². The van der Waals surface area contributed by atoms with Crippen molar-refractivity contribution in [2.45, 2.75) is 11.8 Å². The second kappa shape index (κ2) is 6.97. The van der Waals surface area contributed by atoms with Gasteiger partial charge in [-0.1, -0.05) is 54.1 Å². The molecule has 2 aromatic carbocycles. The van der Waals surface area contributed by atoms with E-state index in [9.17, 15) is 17.6 Å². The summed E-state index contributed by atoms with van der Waals surface area (Å²) in [7, 11) is -4.28. The molecule has 0 saturated heterocycles. The molecule has 0 spiro atoms. The molecule has 1 atom stereocenters. The van der Waals surface area contributed by atoms with E-state index in [1.165, 1.54) is 12.1 Å². The zero-order chi connectivity index (χ0) is 19.8. The Hall–Kier alpha value is -2.58. The zero-order valence-corrected chi connectivity index (χ0v) is 14.7. The predicted octanol–water partition coefficient (Wildman–Crippen LogP) is 2.79. The molecule has 1 aliphatic heterocycles. The monoisotopic (exact) mass is 398 g/mol. The first-order chi connectivity index (χ1) is 12.6. The van der Waals surface area contributed by atoms with Crippen molar-refractivity contribution in [1.29, 1.82) is 0 Å². The third-order valence-electron chi connectivity index (χ3n) is 3.44. The molecule has 2 aromatic rings. The summed E-state index contributed by atoms with van der Waals surface area (Å²) in [6.07, 6.45) is -2.64. The summed E-state index contributed by atoms with van der Waals surface area (Å²) in [6, 6.07) is 11.7. The quantitative estimate of drug-likeness (QED) is 0.778.